The molecule has 27 heavy (non-hydrogen) atoms. The average molecular weight is 405 g/mol. The standard InChI is InChI=1S/C14H21F6N5O2/c1-5-26-14(19,20)12(23-21-3)24-25(4)10-7-6-9(15)11(22-10)27-8(2)13(16,17)18/h6,8,10,21H,5,7H2,1-4H3,(H,23,24)/t8-,10?/m0/s1. The lowest BCUT2D eigenvalue weighted by molar-refractivity contribution is -0.193. The van der Waals surface area contributed by atoms with Crippen molar-refractivity contribution in [3.8, 4) is 0 Å². The van der Waals surface area contributed by atoms with Crippen molar-refractivity contribution in [3.63, 3.8) is 0 Å². The molecule has 1 heterocycles. The van der Waals surface area contributed by atoms with Crippen molar-refractivity contribution in [2.24, 2.45) is 10.1 Å². The molecule has 0 saturated carbocycles. The maximum Gasteiger partial charge on any atom is 0.425 e. The molecule has 1 aliphatic rings. The van der Waals surface area contributed by atoms with Gasteiger partial charge in [-0.2, -0.15) is 27.1 Å². The molecule has 0 amide bonds. The molecule has 2 N–H and O–H groups in total. The summed E-state index contributed by atoms with van der Waals surface area (Å²) in [5.41, 5.74) is 4.42. The molecule has 1 rings (SSSR count). The summed E-state index contributed by atoms with van der Waals surface area (Å²) >= 11 is 0. The monoisotopic (exact) mass is 405 g/mol. The fourth-order valence-electron chi connectivity index (χ4n) is 1.87. The number of dihydropyridines is 1. The molecule has 2 atom stereocenters. The number of hydrazine groups is 1. The zero-order valence-electron chi connectivity index (χ0n) is 15.1. The molecule has 1 unspecified atom stereocenters. The predicted octanol–water partition coefficient (Wildman–Crippen LogP) is 2.53. The van der Waals surface area contributed by atoms with Crippen molar-refractivity contribution in [2.75, 3.05) is 20.7 Å². The van der Waals surface area contributed by atoms with E-state index in [1.165, 1.54) is 21.0 Å². The predicted molar refractivity (Wildman–Crippen MR) is 85.6 cm³/mol. The molecule has 0 saturated heterocycles. The lowest BCUT2D eigenvalue weighted by Crippen LogP contribution is -2.53. The minimum absolute atomic E-state index is 0.102. The summed E-state index contributed by atoms with van der Waals surface area (Å²) < 4.78 is 88.1. The van der Waals surface area contributed by atoms with E-state index in [2.05, 4.69) is 30.4 Å². The van der Waals surface area contributed by atoms with E-state index in [1.807, 2.05) is 0 Å². The Morgan fingerprint density at radius 2 is 2.04 bits per heavy atom. The first kappa shape index (κ1) is 23.0. The molecule has 0 fully saturated rings. The molecule has 156 valence electrons. The van der Waals surface area contributed by atoms with Crippen LogP contribution in [0.15, 0.2) is 22.0 Å². The van der Waals surface area contributed by atoms with Gasteiger partial charge in [-0.15, -0.1) is 0 Å². The average Bonchev–Trinajstić information content (AvgIpc) is 2.55. The Labute approximate surface area is 152 Å². The van der Waals surface area contributed by atoms with E-state index in [0.717, 1.165) is 11.1 Å². The summed E-state index contributed by atoms with van der Waals surface area (Å²) in [6, 6.07) is 0. The number of amidine groups is 1. The number of aliphatic imine (C=N–C) groups is 1. The molecular formula is C14H21F6N5O2. The van der Waals surface area contributed by atoms with Crippen LogP contribution in [0.1, 0.15) is 20.3 Å². The van der Waals surface area contributed by atoms with Crippen LogP contribution in [0, 0.1) is 0 Å². The van der Waals surface area contributed by atoms with Crippen LogP contribution in [0.5, 0.6) is 0 Å². The van der Waals surface area contributed by atoms with E-state index in [1.54, 1.807) is 0 Å². The second kappa shape index (κ2) is 9.26. The van der Waals surface area contributed by atoms with E-state index < -0.39 is 42.1 Å². The first-order chi connectivity index (χ1) is 12.4. The van der Waals surface area contributed by atoms with E-state index in [4.69, 9.17) is 0 Å². The maximum absolute atomic E-state index is 13.9. The van der Waals surface area contributed by atoms with E-state index in [0.29, 0.717) is 6.92 Å². The Kier molecular flexibility index (Phi) is 7.90. The van der Waals surface area contributed by atoms with Crippen LogP contribution < -0.4 is 10.9 Å². The molecule has 7 nitrogen and oxygen atoms in total. The Balaban J connectivity index is 2.93. The van der Waals surface area contributed by atoms with Crippen molar-refractivity contribution in [1.29, 1.82) is 0 Å². The smallest absolute Gasteiger partial charge is 0.425 e. The Bertz CT molecular complexity index is 593. The number of hydrogen-bond acceptors (Lipinski definition) is 6. The topological polar surface area (TPSA) is 70.5 Å². The lowest BCUT2D eigenvalue weighted by atomic mass is 10.2. The molecule has 13 heteroatoms. The molecule has 0 aromatic carbocycles. The van der Waals surface area contributed by atoms with Crippen molar-refractivity contribution in [1.82, 2.24) is 15.9 Å². The molecule has 0 aliphatic carbocycles. The second-order valence-electron chi connectivity index (χ2n) is 5.36. The minimum Gasteiger partial charge on any atom is -0.463 e. The Morgan fingerprint density at radius 1 is 1.41 bits per heavy atom. The maximum atomic E-state index is 13.9. The number of hydrogen-bond donors (Lipinski definition) is 2. The van der Waals surface area contributed by atoms with Crippen LogP contribution in [-0.2, 0) is 9.47 Å². The number of halogens is 6. The number of ether oxygens (including phenoxy) is 2. The van der Waals surface area contributed by atoms with Gasteiger partial charge in [0.2, 0.25) is 11.7 Å². The third kappa shape index (κ3) is 6.57. The van der Waals surface area contributed by atoms with Gasteiger partial charge in [0, 0.05) is 20.5 Å². The van der Waals surface area contributed by atoms with Crippen LogP contribution in [0.4, 0.5) is 26.3 Å². The third-order valence-electron chi connectivity index (χ3n) is 3.28. The molecule has 0 aromatic rings. The number of alkyl halides is 5. The first-order valence-electron chi connectivity index (χ1n) is 7.85. The van der Waals surface area contributed by atoms with Crippen LogP contribution in [0.2, 0.25) is 0 Å². The van der Waals surface area contributed by atoms with Crippen LogP contribution in [0.3, 0.4) is 0 Å². The Morgan fingerprint density at radius 3 is 2.56 bits per heavy atom. The quantitative estimate of drug-likeness (QED) is 0.295. The first-order valence-corrected chi connectivity index (χ1v) is 7.85. The van der Waals surface area contributed by atoms with Gasteiger partial charge in [-0.25, -0.2) is 14.4 Å². The zero-order valence-corrected chi connectivity index (χ0v) is 15.1. The number of nitrogens with one attached hydrogen (secondary N) is 2. The Hall–Kier alpha value is -2.02. The summed E-state index contributed by atoms with van der Waals surface area (Å²) in [6.07, 6.45) is -11.0. The van der Waals surface area contributed by atoms with Crippen molar-refractivity contribution in [3.05, 3.63) is 11.9 Å². The highest BCUT2D eigenvalue weighted by Gasteiger charge is 2.41. The summed E-state index contributed by atoms with van der Waals surface area (Å²) in [6.45, 7) is 1.75. The SMILES string of the molecule is CCOC(F)(F)C(=NNC)NN(C)C1CC=C(F)C(O[C@@H](C)C(F)(F)F)=N1. The number of hydrazone groups is 1. The highest BCUT2D eigenvalue weighted by Crippen LogP contribution is 2.26. The van der Waals surface area contributed by atoms with Gasteiger partial charge in [0.05, 0.1) is 6.61 Å². The van der Waals surface area contributed by atoms with Crippen LogP contribution in [-0.4, -0.2) is 62.0 Å². The molecule has 0 spiro atoms. The molecular weight excluding hydrogens is 384 g/mol. The van der Waals surface area contributed by atoms with Gasteiger partial charge >= 0.3 is 12.3 Å². The summed E-state index contributed by atoms with van der Waals surface area (Å²) in [5.74, 6) is -2.85. The highest BCUT2D eigenvalue weighted by atomic mass is 19.4. The van der Waals surface area contributed by atoms with Crippen molar-refractivity contribution >= 4 is 11.7 Å². The normalized spacial score (nSPS) is 20.1. The van der Waals surface area contributed by atoms with Gasteiger partial charge in [-0.1, -0.05) is 0 Å². The fraction of sp³-hybridized carbons (Fsp3) is 0.714. The van der Waals surface area contributed by atoms with Gasteiger partial charge in [0.1, 0.15) is 6.17 Å². The van der Waals surface area contributed by atoms with Gasteiger partial charge in [0.25, 0.3) is 0 Å². The zero-order chi connectivity index (χ0) is 20.8. The van der Waals surface area contributed by atoms with Gasteiger partial charge in [-0.05, 0) is 19.9 Å². The van der Waals surface area contributed by atoms with Gasteiger partial charge in [0.15, 0.2) is 11.9 Å². The lowest BCUT2D eigenvalue weighted by Gasteiger charge is -2.30. The number of nitrogens with zero attached hydrogens (tertiary/aromatic N) is 3. The fourth-order valence-corrected chi connectivity index (χ4v) is 1.87. The third-order valence-corrected chi connectivity index (χ3v) is 3.28. The van der Waals surface area contributed by atoms with E-state index in [9.17, 15) is 26.3 Å². The van der Waals surface area contributed by atoms with E-state index in [-0.39, 0.29) is 13.0 Å². The summed E-state index contributed by atoms with van der Waals surface area (Å²) in [7, 11) is 2.56. The van der Waals surface area contributed by atoms with Crippen LogP contribution in [0.25, 0.3) is 0 Å². The molecule has 0 radical (unpaired) electrons. The molecule has 1 aliphatic heterocycles. The highest BCUT2D eigenvalue weighted by molar-refractivity contribution is 5.92. The van der Waals surface area contributed by atoms with Gasteiger partial charge in [-0.3, -0.25) is 5.43 Å². The van der Waals surface area contributed by atoms with Gasteiger partial charge < -0.3 is 14.9 Å². The molecule has 0 bridgehead atoms. The number of rotatable bonds is 7. The van der Waals surface area contributed by atoms with E-state index >= 15 is 0 Å². The summed E-state index contributed by atoms with van der Waals surface area (Å²) in [5, 5.41) is 4.41. The molecule has 0 aromatic heterocycles. The van der Waals surface area contributed by atoms with Crippen molar-refractivity contribution < 1.29 is 35.8 Å². The largest absolute Gasteiger partial charge is 0.463 e. The second-order valence-corrected chi connectivity index (χ2v) is 5.36. The van der Waals surface area contributed by atoms with Crippen LogP contribution >= 0.6 is 0 Å². The van der Waals surface area contributed by atoms with Crippen molar-refractivity contribution in [2.45, 2.75) is 44.8 Å². The minimum atomic E-state index is -4.72. The summed E-state index contributed by atoms with van der Waals surface area (Å²) in [4.78, 5) is 3.71.